The van der Waals surface area contributed by atoms with E-state index >= 15 is 0 Å². The standard InChI is InChI=1S/C13H18N2O3/c1-10-9-18-12(8-16)7-15(10)13(17)5-11-3-2-4-14-6-11/h2-4,6,10,12,16H,5,7-9H2,1H3. The second-order valence-corrected chi connectivity index (χ2v) is 4.57. The van der Waals surface area contributed by atoms with E-state index in [0.717, 1.165) is 5.56 Å². The van der Waals surface area contributed by atoms with Crippen LogP contribution in [0.4, 0.5) is 0 Å². The molecule has 0 aromatic carbocycles. The Kier molecular flexibility index (Phi) is 4.28. The Morgan fingerprint density at radius 2 is 2.50 bits per heavy atom. The van der Waals surface area contributed by atoms with Crippen molar-refractivity contribution in [2.45, 2.75) is 25.5 Å². The second kappa shape index (κ2) is 5.93. The third-order valence-electron chi connectivity index (χ3n) is 3.11. The zero-order valence-corrected chi connectivity index (χ0v) is 10.5. The van der Waals surface area contributed by atoms with Crippen LogP contribution in [0.1, 0.15) is 12.5 Å². The highest BCUT2D eigenvalue weighted by atomic mass is 16.5. The molecule has 1 aromatic heterocycles. The van der Waals surface area contributed by atoms with Gasteiger partial charge in [-0.1, -0.05) is 6.07 Å². The van der Waals surface area contributed by atoms with Crippen LogP contribution in [0.2, 0.25) is 0 Å². The SMILES string of the molecule is CC1COC(CO)CN1C(=O)Cc1cccnc1. The lowest BCUT2D eigenvalue weighted by Crippen LogP contribution is -2.52. The summed E-state index contributed by atoms with van der Waals surface area (Å²) in [4.78, 5) is 18.0. The Balaban J connectivity index is 1.99. The summed E-state index contributed by atoms with van der Waals surface area (Å²) in [6.45, 7) is 2.83. The molecule has 1 aliphatic rings. The summed E-state index contributed by atoms with van der Waals surface area (Å²) < 4.78 is 5.41. The van der Waals surface area contributed by atoms with Crippen molar-refractivity contribution < 1.29 is 14.6 Å². The van der Waals surface area contributed by atoms with Crippen LogP contribution in [0, 0.1) is 0 Å². The summed E-state index contributed by atoms with van der Waals surface area (Å²) in [6.07, 6.45) is 3.47. The highest BCUT2D eigenvalue weighted by molar-refractivity contribution is 5.79. The highest BCUT2D eigenvalue weighted by Crippen LogP contribution is 2.13. The predicted octanol–water partition coefficient (Wildman–Crippen LogP) is 0.232. The van der Waals surface area contributed by atoms with Crippen LogP contribution in [-0.2, 0) is 16.0 Å². The number of carbonyl (C=O) groups is 1. The molecule has 18 heavy (non-hydrogen) atoms. The molecule has 1 amide bonds. The van der Waals surface area contributed by atoms with Crippen molar-refractivity contribution >= 4 is 5.91 Å². The van der Waals surface area contributed by atoms with Gasteiger partial charge >= 0.3 is 0 Å². The quantitative estimate of drug-likeness (QED) is 0.834. The van der Waals surface area contributed by atoms with Crippen LogP contribution >= 0.6 is 0 Å². The normalized spacial score (nSPS) is 24.0. The lowest BCUT2D eigenvalue weighted by molar-refractivity contribution is -0.145. The van der Waals surface area contributed by atoms with E-state index in [-0.39, 0.29) is 24.7 Å². The van der Waals surface area contributed by atoms with Crippen LogP contribution in [0.15, 0.2) is 24.5 Å². The summed E-state index contributed by atoms with van der Waals surface area (Å²) >= 11 is 0. The lowest BCUT2D eigenvalue weighted by Gasteiger charge is -2.37. The number of carbonyl (C=O) groups excluding carboxylic acids is 1. The molecule has 1 saturated heterocycles. The maximum absolute atomic E-state index is 12.2. The molecule has 2 rings (SSSR count). The van der Waals surface area contributed by atoms with Crippen LogP contribution in [-0.4, -0.2) is 52.8 Å². The third kappa shape index (κ3) is 3.05. The number of rotatable bonds is 3. The van der Waals surface area contributed by atoms with E-state index in [0.29, 0.717) is 19.6 Å². The van der Waals surface area contributed by atoms with Gasteiger partial charge in [0.05, 0.1) is 31.8 Å². The topological polar surface area (TPSA) is 62.7 Å². The molecule has 1 aliphatic heterocycles. The van der Waals surface area contributed by atoms with E-state index in [4.69, 9.17) is 9.84 Å². The number of aliphatic hydroxyl groups excluding tert-OH is 1. The van der Waals surface area contributed by atoms with Gasteiger partial charge in [-0.3, -0.25) is 9.78 Å². The van der Waals surface area contributed by atoms with Gasteiger partial charge in [0.1, 0.15) is 0 Å². The number of ether oxygens (including phenoxy) is 1. The minimum absolute atomic E-state index is 0.0522. The number of pyridine rings is 1. The van der Waals surface area contributed by atoms with Crippen molar-refractivity contribution in [2.24, 2.45) is 0 Å². The number of aliphatic hydroxyl groups is 1. The number of hydrogen-bond acceptors (Lipinski definition) is 4. The van der Waals surface area contributed by atoms with E-state index < -0.39 is 0 Å². The molecular weight excluding hydrogens is 232 g/mol. The monoisotopic (exact) mass is 250 g/mol. The van der Waals surface area contributed by atoms with Crippen molar-refractivity contribution in [2.75, 3.05) is 19.8 Å². The Bertz CT molecular complexity index is 396. The molecule has 0 radical (unpaired) electrons. The van der Waals surface area contributed by atoms with Gasteiger partial charge in [0.25, 0.3) is 0 Å². The first kappa shape index (κ1) is 13.0. The first-order chi connectivity index (χ1) is 8.70. The summed E-state index contributed by atoms with van der Waals surface area (Å²) in [7, 11) is 0. The fourth-order valence-electron chi connectivity index (χ4n) is 2.05. The summed E-state index contributed by atoms with van der Waals surface area (Å²) in [5.74, 6) is 0.0530. The van der Waals surface area contributed by atoms with E-state index in [9.17, 15) is 4.79 Å². The molecule has 1 aromatic rings. The fraction of sp³-hybridized carbons (Fsp3) is 0.538. The number of morpholine rings is 1. The van der Waals surface area contributed by atoms with Gasteiger partial charge in [0, 0.05) is 18.9 Å². The van der Waals surface area contributed by atoms with Crippen molar-refractivity contribution in [3.05, 3.63) is 30.1 Å². The Morgan fingerprint density at radius 1 is 1.67 bits per heavy atom. The van der Waals surface area contributed by atoms with Gasteiger partial charge in [-0.2, -0.15) is 0 Å². The molecule has 2 atom stereocenters. The Labute approximate surface area is 106 Å². The average molecular weight is 250 g/mol. The molecule has 0 aliphatic carbocycles. The van der Waals surface area contributed by atoms with Crippen molar-refractivity contribution in [3.63, 3.8) is 0 Å². The molecule has 2 heterocycles. The maximum Gasteiger partial charge on any atom is 0.227 e. The smallest absolute Gasteiger partial charge is 0.227 e. The van der Waals surface area contributed by atoms with Crippen molar-refractivity contribution in [3.8, 4) is 0 Å². The summed E-state index contributed by atoms with van der Waals surface area (Å²) in [5.41, 5.74) is 0.904. The molecule has 0 saturated carbocycles. The van der Waals surface area contributed by atoms with Crippen LogP contribution in [0.25, 0.3) is 0 Å². The summed E-state index contributed by atoms with van der Waals surface area (Å²) in [6, 6.07) is 3.76. The fourth-order valence-corrected chi connectivity index (χ4v) is 2.05. The molecule has 2 unspecified atom stereocenters. The molecule has 98 valence electrons. The minimum Gasteiger partial charge on any atom is -0.394 e. The zero-order valence-electron chi connectivity index (χ0n) is 10.5. The Hall–Kier alpha value is -1.46. The molecule has 0 spiro atoms. The van der Waals surface area contributed by atoms with Gasteiger partial charge in [0.2, 0.25) is 5.91 Å². The molecule has 1 fully saturated rings. The number of hydrogen-bond donors (Lipinski definition) is 1. The largest absolute Gasteiger partial charge is 0.394 e. The molecule has 5 heteroatoms. The number of amides is 1. The number of nitrogens with zero attached hydrogens (tertiary/aromatic N) is 2. The second-order valence-electron chi connectivity index (χ2n) is 4.57. The van der Waals surface area contributed by atoms with E-state index in [2.05, 4.69) is 4.98 Å². The maximum atomic E-state index is 12.2. The van der Waals surface area contributed by atoms with E-state index in [1.54, 1.807) is 17.3 Å². The van der Waals surface area contributed by atoms with Gasteiger partial charge < -0.3 is 14.7 Å². The van der Waals surface area contributed by atoms with Crippen LogP contribution < -0.4 is 0 Å². The van der Waals surface area contributed by atoms with Gasteiger partial charge in [0.15, 0.2) is 0 Å². The third-order valence-corrected chi connectivity index (χ3v) is 3.11. The van der Waals surface area contributed by atoms with Crippen molar-refractivity contribution in [1.82, 2.24) is 9.88 Å². The van der Waals surface area contributed by atoms with E-state index in [1.165, 1.54) is 0 Å². The Morgan fingerprint density at radius 3 is 3.17 bits per heavy atom. The van der Waals surface area contributed by atoms with Gasteiger partial charge in [-0.05, 0) is 18.6 Å². The van der Waals surface area contributed by atoms with Crippen LogP contribution in [0.5, 0.6) is 0 Å². The first-order valence-electron chi connectivity index (χ1n) is 6.11. The first-order valence-corrected chi connectivity index (χ1v) is 6.11. The predicted molar refractivity (Wildman–Crippen MR) is 65.9 cm³/mol. The van der Waals surface area contributed by atoms with Crippen LogP contribution in [0.3, 0.4) is 0 Å². The minimum atomic E-state index is -0.265. The molecule has 1 N–H and O–H groups in total. The van der Waals surface area contributed by atoms with Crippen molar-refractivity contribution in [1.29, 1.82) is 0 Å². The average Bonchev–Trinajstić information content (AvgIpc) is 2.40. The summed E-state index contributed by atoms with van der Waals surface area (Å²) in [5, 5.41) is 9.09. The highest BCUT2D eigenvalue weighted by Gasteiger charge is 2.28. The zero-order chi connectivity index (χ0) is 13.0. The van der Waals surface area contributed by atoms with Gasteiger partial charge in [-0.25, -0.2) is 0 Å². The molecule has 0 bridgehead atoms. The van der Waals surface area contributed by atoms with Gasteiger partial charge in [-0.15, -0.1) is 0 Å². The molecule has 5 nitrogen and oxygen atoms in total. The molecular formula is C13H18N2O3. The number of aromatic nitrogens is 1. The van der Waals surface area contributed by atoms with E-state index in [1.807, 2.05) is 19.1 Å². The lowest BCUT2D eigenvalue weighted by atomic mass is 10.1.